The van der Waals surface area contributed by atoms with Gasteiger partial charge in [0.1, 0.15) is 11.9 Å². The summed E-state index contributed by atoms with van der Waals surface area (Å²) in [5, 5.41) is 13.3. The standard InChI is InChI=1S/C15H11N3O4/c19-10-5-4-9(14(21)17-10)18-13-12-7(6-11(20)16-13)2-1-3-8(12)15(18)22/h1-3,6,9H,4-5H2,(H,16,20)(H,17,19,21). The monoisotopic (exact) mass is 297 g/mol. The van der Waals surface area contributed by atoms with Crippen LogP contribution in [-0.4, -0.2) is 33.9 Å². The van der Waals surface area contributed by atoms with Crippen molar-refractivity contribution >= 4 is 34.3 Å². The van der Waals surface area contributed by atoms with Crippen LogP contribution in [0.1, 0.15) is 23.2 Å². The van der Waals surface area contributed by atoms with Crippen molar-refractivity contribution in [2.45, 2.75) is 18.9 Å². The molecule has 0 saturated carbocycles. The number of carbonyl (C=O) groups excluding carboxylic acids is 3. The summed E-state index contributed by atoms with van der Waals surface area (Å²) in [4.78, 5) is 41.3. The summed E-state index contributed by atoms with van der Waals surface area (Å²) in [6.45, 7) is 0. The number of nitrogens with one attached hydrogen (secondary N) is 1. The summed E-state index contributed by atoms with van der Waals surface area (Å²) >= 11 is 0. The van der Waals surface area contributed by atoms with E-state index in [1.165, 1.54) is 11.0 Å². The van der Waals surface area contributed by atoms with Crippen LogP contribution in [0.15, 0.2) is 24.3 Å². The van der Waals surface area contributed by atoms with Gasteiger partial charge in [-0.25, -0.2) is 0 Å². The van der Waals surface area contributed by atoms with Crippen LogP contribution in [0.4, 0.5) is 5.82 Å². The Hall–Kier alpha value is -2.96. The first kappa shape index (κ1) is 12.8. The molecule has 1 aromatic heterocycles. The lowest BCUT2D eigenvalue weighted by atomic mass is 10.0. The highest BCUT2D eigenvalue weighted by Gasteiger charge is 2.41. The Morgan fingerprint density at radius 1 is 1.27 bits per heavy atom. The number of rotatable bonds is 1. The Labute approximate surface area is 124 Å². The highest BCUT2D eigenvalue weighted by Crippen LogP contribution is 2.39. The number of nitrogens with zero attached hydrogens (tertiary/aromatic N) is 2. The maximum Gasteiger partial charge on any atom is 0.260 e. The minimum atomic E-state index is -0.796. The molecule has 1 aromatic carbocycles. The second kappa shape index (κ2) is 4.27. The molecule has 2 N–H and O–H groups in total. The van der Waals surface area contributed by atoms with Gasteiger partial charge in [-0.2, -0.15) is 4.98 Å². The average molecular weight is 297 g/mol. The summed E-state index contributed by atoms with van der Waals surface area (Å²) in [6.07, 6.45) is 0.404. The van der Waals surface area contributed by atoms with Crippen molar-refractivity contribution in [2.24, 2.45) is 0 Å². The number of piperidine rings is 1. The van der Waals surface area contributed by atoms with Crippen molar-refractivity contribution < 1.29 is 19.5 Å². The summed E-state index contributed by atoms with van der Waals surface area (Å²) in [5.41, 5.74) is 0.449. The Balaban J connectivity index is 1.89. The van der Waals surface area contributed by atoms with Gasteiger partial charge < -0.3 is 5.11 Å². The summed E-state index contributed by atoms with van der Waals surface area (Å²) < 4.78 is 0. The number of hydrogen-bond acceptors (Lipinski definition) is 5. The van der Waals surface area contributed by atoms with Crippen LogP contribution in [0.25, 0.3) is 10.8 Å². The number of imide groups is 1. The maximum absolute atomic E-state index is 12.7. The number of anilines is 1. The van der Waals surface area contributed by atoms with Crippen molar-refractivity contribution in [2.75, 3.05) is 4.90 Å². The molecule has 3 heterocycles. The Morgan fingerprint density at radius 3 is 2.86 bits per heavy atom. The topological polar surface area (TPSA) is 99.6 Å². The fourth-order valence-corrected chi connectivity index (χ4v) is 3.07. The molecule has 3 amide bonds. The highest BCUT2D eigenvalue weighted by molar-refractivity contribution is 6.26. The van der Waals surface area contributed by atoms with Crippen LogP contribution >= 0.6 is 0 Å². The Kier molecular flexibility index (Phi) is 2.47. The van der Waals surface area contributed by atoms with Crippen LogP contribution in [0.3, 0.4) is 0 Å². The minimum absolute atomic E-state index is 0.165. The van der Waals surface area contributed by atoms with Gasteiger partial charge in [0.15, 0.2) is 0 Å². The first-order valence-electron chi connectivity index (χ1n) is 6.86. The fourth-order valence-electron chi connectivity index (χ4n) is 3.07. The molecule has 0 spiro atoms. The van der Waals surface area contributed by atoms with Crippen molar-refractivity contribution in [3.63, 3.8) is 0 Å². The zero-order valence-electron chi connectivity index (χ0n) is 11.4. The van der Waals surface area contributed by atoms with E-state index in [9.17, 15) is 19.5 Å². The molecule has 1 fully saturated rings. The molecule has 0 radical (unpaired) electrons. The first-order valence-corrected chi connectivity index (χ1v) is 6.86. The van der Waals surface area contributed by atoms with Gasteiger partial charge in [0, 0.05) is 17.9 Å². The second-order valence-corrected chi connectivity index (χ2v) is 5.35. The zero-order valence-corrected chi connectivity index (χ0v) is 11.4. The summed E-state index contributed by atoms with van der Waals surface area (Å²) in [7, 11) is 0. The molecule has 2 aliphatic rings. The largest absolute Gasteiger partial charge is 0.493 e. The van der Waals surface area contributed by atoms with E-state index in [-0.39, 0.29) is 36.4 Å². The van der Waals surface area contributed by atoms with E-state index in [0.29, 0.717) is 16.3 Å². The third-order valence-corrected chi connectivity index (χ3v) is 4.02. The molecular weight excluding hydrogens is 286 g/mol. The van der Waals surface area contributed by atoms with Crippen LogP contribution in [0.2, 0.25) is 0 Å². The molecular formula is C15H11N3O4. The number of benzene rings is 1. The van der Waals surface area contributed by atoms with Crippen molar-refractivity contribution in [1.82, 2.24) is 10.3 Å². The molecule has 22 heavy (non-hydrogen) atoms. The van der Waals surface area contributed by atoms with E-state index < -0.39 is 11.9 Å². The highest BCUT2D eigenvalue weighted by atomic mass is 16.3. The summed E-state index contributed by atoms with van der Waals surface area (Å²) in [6, 6.07) is 5.83. The number of carbonyl (C=O) groups is 3. The van der Waals surface area contributed by atoms with E-state index in [2.05, 4.69) is 10.3 Å². The normalized spacial score (nSPS) is 20.6. The molecule has 2 aromatic rings. The molecule has 7 heteroatoms. The molecule has 1 atom stereocenters. The Morgan fingerprint density at radius 2 is 2.09 bits per heavy atom. The van der Waals surface area contributed by atoms with Gasteiger partial charge in [0.05, 0.1) is 5.56 Å². The fraction of sp³-hybridized carbons (Fsp3) is 0.200. The second-order valence-electron chi connectivity index (χ2n) is 5.35. The molecule has 2 aliphatic heterocycles. The van der Waals surface area contributed by atoms with Crippen LogP contribution < -0.4 is 10.2 Å². The maximum atomic E-state index is 12.7. The third-order valence-electron chi connectivity index (χ3n) is 4.02. The van der Waals surface area contributed by atoms with Gasteiger partial charge in [-0.05, 0) is 17.9 Å². The van der Waals surface area contributed by atoms with Crippen molar-refractivity contribution in [1.29, 1.82) is 0 Å². The lowest BCUT2D eigenvalue weighted by Crippen LogP contribution is -2.53. The van der Waals surface area contributed by atoms with Crippen LogP contribution in [0, 0.1) is 0 Å². The molecule has 0 bridgehead atoms. The third kappa shape index (κ3) is 1.62. The number of aromatic nitrogens is 1. The van der Waals surface area contributed by atoms with E-state index >= 15 is 0 Å². The predicted octanol–water partition coefficient (Wildman–Crippen LogP) is 0.706. The minimum Gasteiger partial charge on any atom is -0.493 e. The van der Waals surface area contributed by atoms with Crippen molar-refractivity contribution in [3.8, 4) is 5.88 Å². The van der Waals surface area contributed by atoms with Gasteiger partial charge >= 0.3 is 0 Å². The quantitative estimate of drug-likeness (QED) is 0.755. The van der Waals surface area contributed by atoms with Gasteiger partial charge in [-0.1, -0.05) is 12.1 Å². The van der Waals surface area contributed by atoms with E-state index in [4.69, 9.17) is 0 Å². The van der Waals surface area contributed by atoms with Crippen LogP contribution in [0.5, 0.6) is 5.88 Å². The molecule has 110 valence electrons. The average Bonchev–Trinajstić information content (AvgIpc) is 2.74. The predicted molar refractivity (Wildman–Crippen MR) is 76.4 cm³/mol. The number of amides is 3. The molecule has 7 nitrogen and oxygen atoms in total. The van der Waals surface area contributed by atoms with E-state index in [1.54, 1.807) is 18.2 Å². The molecule has 0 aliphatic carbocycles. The number of aromatic hydroxyl groups is 1. The number of pyridine rings is 1. The first-order chi connectivity index (χ1) is 10.6. The molecule has 1 saturated heterocycles. The zero-order chi connectivity index (χ0) is 15.4. The Bertz CT molecular complexity index is 861. The van der Waals surface area contributed by atoms with Gasteiger partial charge in [-0.3, -0.25) is 24.6 Å². The van der Waals surface area contributed by atoms with Crippen molar-refractivity contribution in [3.05, 3.63) is 29.8 Å². The van der Waals surface area contributed by atoms with Gasteiger partial charge in [0.25, 0.3) is 5.91 Å². The molecule has 1 unspecified atom stereocenters. The van der Waals surface area contributed by atoms with E-state index in [1.807, 2.05) is 0 Å². The SMILES string of the molecule is O=C1CCC(N2C(=O)c3cccc4cc(O)nc2c34)C(=O)N1. The number of hydrogen-bond donors (Lipinski definition) is 2. The van der Waals surface area contributed by atoms with E-state index in [0.717, 1.165) is 0 Å². The van der Waals surface area contributed by atoms with Gasteiger partial charge in [0.2, 0.25) is 17.7 Å². The van der Waals surface area contributed by atoms with Gasteiger partial charge in [-0.15, -0.1) is 0 Å². The smallest absolute Gasteiger partial charge is 0.260 e. The van der Waals surface area contributed by atoms with Crippen LogP contribution in [-0.2, 0) is 9.59 Å². The lowest BCUT2D eigenvalue weighted by Gasteiger charge is -2.29. The summed E-state index contributed by atoms with van der Waals surface area (Å²) in [5.74, 6) is -1.15. The molecule has 4 rings (SSSR count). The lowest BCUT2D eigenvalue weighted by molar-refractivity contribution is -0.134.